The number of nitrogens with two attached hydrogens (primary N) is 1. The fourth-order valence-corrected chi connectivity index (χ4v) is 3.59. The second kappa shape index (κ2) is 7.38. The number of aryl methyl sites for hydroxylation is 1. The van der Waals surface area contributed by atoms with Crippen LogP contribution in [0.15, 0.2) is 29.2 Å². The van der Waals surface area contributed by atoms with Crippen molar-refractivity contribution in [2.24, 2.45) is 0 Å². The Morgan fingerprint density at radius 1 is 1.20 bits per heavy atom. The summed E-state index contributed by atoms with van der Waals surface area (Å²) in [7, 11) is 0. The van der Waals surface area contributed by atoms with Crippen molar-refractivity contribution in [3.63, 3.8) is 0 Å². The summed E-state index contributed by atoms with van der Waals surface area (Å²) in [5.74, 6) is -2.74. The molecule has 1 saturated heterocycles. The highest BCUT2D eigenvalue weighted by molar-refractivity contribution is 5.92. The number of halogens is 2. The third-order valence-corrected chi connectivity index (χ3v) is 5.13. The number of carboxylic acid groups (broad SMARTS) is 1. The van der Waals surface area contributed by atoms with Crippen molar-refractivity contribution in [3.8, 4) is 5.69 Å². The smallest absolute Gasteiger partial charge is 0.341 e. The summed E-state index contributed by atoms with van der Waals surface area (Å²) in [6.45, 7) is 3.96. The highest BCUT2D eigenvalue weighted by Crippen LogP contribution is 2.27. The third kappa shape index (κ3) is 3.24. The molecule has 0 radical (unpaired) electrons. The first-order valence-corrected chi connectivity index (χ1v) is 9.29. The average molecular weight is 415 g/mol. The Morgan fingerprint density at radius 2 is 1.90 bits per heavy atom. The minimum absolute atomic E-state index is 0.0629. The Bertz CT molecular complexity index is 1240. The van der Waals surface area contributed by atoms with Crippen LogP contribution >= 0.6 is 0 Å². The van der Waals surface area contributed by atoms with E-state index in [1.54, 1.807) is 11.8 Å². The first-order chi connectivity index (χ1) is 14.3. The molecule has 156 valence electrons. The fourth-order valence-electron chi connectivity index (χ4n) is 3.59. The SMILES string of the molecule is Cc1cc(F)c(N)cc1-n1cc(C(=O)O)c(=O)c2cc(F)c(N3CCNCC3)nc21. The summed E-state index contributed by atoms with van der Waals surface area (Å²) in [4.78, 5) is 30.5. The zero-order valence-electron chi connectivity index (χ0n) is 16.1. The molecule has 30 heavy (non-hydrogen) atoms. The first kappa shape index (κ1) is 19.8. The van der Waals surface area contributed by atoms with Crippen LogP contribution in [0.1, 0.15) is 15.9 Å². The molecule has 4 rings (SSSR count). The van der Waals surface area contributed by atoms with Gasteiger partial charge in [0, 0.05) is 32.4 Å². The van der Waals surface area contributed by atoms with Gasteiger partial charge in [0.2, 0.25) is 5.43 Å². The summed E-state index contributed by atoms with van der Waals surface area (Å²) in [6, 6.07) is 3.54. The number of anilines is 2. The molecule has 0 bridgehead atoms. The number of rotatable bonds is 3. The standard InChI is InChI=1S/C20H19F2N5O3/c1-10-6-13(21)15(23)8-16(10)27-9-12(20(29)30)17(28)11-7-14(22)19(25-18(11)27)26-4-2-24-3-5-26/h6-9,24H,2-5,23H2,1H3,(H,29,30). The van der Waals surface area contributed by atoms with Gasteiger partial charge >= 0.3 is 5.97 Å². The van der Waals surface area contributed by atoms with Crippen LogP contribution in [0.25, 0.3) is 16.7 Å². The quantitative estimate of drug-likeness (QED) is 0.558. The number of piperazine rings is 1. The molecule has 1 aliphatic heterocycles. The predicted octanol–water partition coefficient (Wildman–Crippen LogP) is 1.66. The lowest BCUT2D eigenvalue weighted by molar-refractivity contribution is 0.0695. The number of carboxylic acids is 1. The van der Waals surface area contributed by atoms with Gasteiger partial charge in [0.15, 0.2) is 17.3 Å². The van der Waals surface area contributed by atoms with Gasteiger partial charge in [-0.15, -0.1) is 0 Å². The van der Waals surface area contributed by atoms with Gasteiger partial charge in [0.05, 0.1) is 16.8 Å². The summed E-state index contributed by atoms with van der Waals surface area (Å²) in [6.07, 6.45) is 1.11. The van der Waals surface area contributed by atoms with E-state index >= 15 is 0 Å². The second-order valence-corrected chi connectivity index (χ2v) is 7.11. The van der Waals surface area contributed by atoms with Gasteiger partial charge in [-0.2, -0.15) is 0 Å². The molecule has 0 atom stereocenters. The fraction of sp³-hybridized carbons (Fsp3) is 0.250. The molecular formula is C20H19F2N5O3. The lowest BCUT2D eigenvalue weighted by Crippen LogP contribution is -2.44. The molecule has 1 aromatic carbocycles. The number of carbonyl (C=O) groups is 1. The number of benzene rings is 1. The molecule has 10 heteroatoms. The molecule has 8 nitrogen and oxygen atoms in total. The Morgan fingerprint density at radius 3 is 2.57 bits per heavy atom. The Kier molecular flexibility index (Phi) is 4.86. The normalized spacial score (nSPS) is 14.3. The van der Waals surface area contributed by atoms with Crippen molar-refractivity contribution in [2.75, 3.05) is 36.8 Å². The first-order valence-electron chi connectivity index (χ1n) is 9.29. The minimum Gasteiger partial charge on any atom is -0.477 e. The van der Waals surface area contributed by atoms with E-state index in [0.29, 0.717) is 37.4 Å². The molecule has 0 amide bonds. The van der Waals surface area contributed by atoms with Crippen LogP contribution in [0.5, 0.6) is 0 Å². The summed E-state index contributed by atoms with van der Waals surface area (Å²) in [5.41, 5.74) is 5.00. The molecule has 3 heterocycles. The van der Waals surface area contributed by atoms with Crippen LogP contribution in [0.4, 0.5) is 20.3 Å². The zero-order chi connectivity index (χ0) is 21.6. The molecule has 0 aliphatic carbocycles. The van der Waals surface area contributed by atoms with Crippen LogP contribution in [0.2, 0.25) is 0 Å². The molecule has 0 saturated carbocycles. The van der Waals surface area contributed by atoms with Crippen molar-refractivity contribution < 1.29 is 18.7 Å². The van der Waals surface area contributed by atoms with Crippen molar-refractivity contribution in [1.29, 1.82) is 0 Å². The number of aromatic carboxylic acids is 1. The molecule has 0 spiro atoms. The molecule has 0 unspecified atom stereocenters. The van der Waals surface area contributed by atoms with Crippen molar-refractivity contribution in [3.05, 3.63) is 57.4 Å². The third-order valence-electron chi connectivity index (χ3n) is 5.13. The molecule has 1 aliphatic rings. The minimum atomic E-state index is -1.46. The molecule has 2 aromatic heterocycles. The van der Waals surface area contributed by atoms with Crippen LogP contribution in [-0.2, 0) is 0 Å². The van der Waals surface area contributed by atoms with Crippen LogP contribution in [0, 0.1) is 18.6 Å². The maximum absolute atomic E-state index is 14.9. The van der Waals surface area contributed by atoms with E-state index < -0.39 is 28.6 Å². The molecule has 4 N–H and O–H groups in total. The van der Waals surface area contributed by atoms with Gasteiger partial charge in [-0.3, -0.25) is 9.36 Å². The summed E-state index contributed by atoms with van der Waals surface area (Å²) < 4.78 is 30.1. The highest BCUT2D eigenvalue weighted by Gasteiger charge is 2.23. The van der Waals surface area contributed by atoms with Crippen molar-refractivity contribution in [2.45, 2.75) is 6.92 Å². The number of nitrogen functional groups attached to an aromatic ring is 1. The number of hydrogen-bond donors (Lipinski definition) is 3. The monoisotopic (exact) mass is 415 g/mol. The van der Waals surface area contributed by atoms with Crippen LogP contribution in [-0.4, -0.2) is 46.8 Å². The van der Waals surface area contributed by atoms with Gasteiger partial charge in [-0.25, -0.2) is 18.6 Å². The molecule has 1 fully saturated rings. The summed E-state index contributed by atoms with van der Waals surface area (Å²) >= 11 is 0. The van der Waals surface area contributed by atoms with E-state index in [1.807, 2.05) is 0 Å². The maximum Gasteiger partial charge on any atom is 0.341 e. The highest BCUT2D eigenvalue weighted by atomic mass is 19.1. The Balaban J connectivity index is 2.07. The number of pyridine rings is 2. The van der Waals surface area contributed by atoms with Crippen LogP contribution in [0.3, 0.4) is 0 Å². The van der Waals surface area contributed by atoms with Crippen molar-refractivity contribution in [1.82, 2.24) is 14.9 Å². The topological polar surface area (TPSA) is 113 Å². The van der Waals surface area contributed by atoms with E-state index in [1.165, 1.54) is 16.7 Å². The maximum atomic E-state index is 14.9. The number of nitrogens with one attached hydrogen (secondary N) is 1. The van der Waals surface area contributed by atoms with E-state index in [-0.39, 0.29) is 22.5 Å². The largest absolute Gasteiger partial charge is 0.477 e. The van der Waals surface area contributed by atoms with Gasteiger partial charge in [0.1, 0.15) is 11.4 Å². The lowest BCUT2D eigenvalue weighted by atomic mass is 10.1. The van der Waals surface area contributed by atoms with E-state index in [9.17, 15) is 23.5 Å². The predicted molar refractivity (Wildman–Crippen MR) is 108 cm³/mol. The van der Waals surface area contributed by atoms with Gasteiger partial charge in [-0.05, 0) is 30.7 Å². The second-order valence-electron chi connectivity index (χ2n) is 7.11. The van der Waals surface area contributed by atoms with Gasteiger partial charge in [-0.1, -0.05) is 0 Å². The Hall–Kier alpha value is -3.53. The average Bonchev–Trinajstić information content (AvgIpc) is 2.71. The number of aromatic nitrogens is 2. The van der Waals surface area contributed by atoms with E-state index in [4.69, 9.17) is 5.73 Å². The number of nitrogens with zero attached hydrogens (tertiary/aromatic N) is 3. The zero-order valence-corrected chi connectivity index (χ0v) is 16.1. The van der Waals surface area contributed by atoms with E-state index in [0.717, 1.165) is 12.3 Å². The van der Waals surface area contributed by atoms with Gasteiger partial charge in [0.25, 0.3) is 0 Å². The Labute approximate surface area is 169 Å². The number of hydrogen-bond acceptors (Lipinski definition) is 6. The van der Waals surface area contributed by atoms with Crippen molar-refractivity contribution >= 4 is 28.5 Å². The molecule has 3 aromatic rings. The van der Waals surface area contributed by atoms with E-state index in [2.05, 4.69) is 10.3 Å². The van der Waals surface area contributed by atoms with Crippen LogP contribution < -0.4 is 21.4 Å². The molecular weight excluding hydrogens is 396 g/mol. The van der Waals surface area contributed by atoms with Gasteiger partial charge < -0.3 is 21.1 Å². The number of fused-ring (bicyclic) bond motifs is 1. The lowest BCUT2D eigenvalue weighted by Gasteiger charge is -2.29. The summed E-state index contributed by atoms with van der Waals surface area (Å²) in [5, 5.41) is 12.4.